The molecular formula is C34H51N3O2. The Labute approximate surface area is 236 Å². The first-order chi connectivity index (χ1) is 19.2. The average Bonchev–Trinajstić information content (AvgIpc) is 3.32. The topological polar surface area (TPSA) is 56.2 Å². The Morgan fingerprint density at radius 3 is 1.90 bits per heavy atom. The molecule has 0 radical (unpaired) electrons. The third kappa shape index (κ3) is 10.7. The van der Waals surface area contributed by atoms with Crippen LogP contribution in [0.4, 0.5) is 0 Å². The lowest BCUT2D eigenvalue weighted by atomic mass is 10.0. The van der Waals surface area contributed by atoms with Gasteiger partial charge in [0.25, 0.3) is 5.91 Å². The summed E-state index contributed by atoms with van der Waals surface area (Å²) < 4.78 is 7.63. The van der Waals surface area contributed by atoms with Crippen LogP contribution < -0.4 is 10.1 Å². The van der Waals surface area contributed by atoms with Gasteiger partial charge < -0.3 is 14.6 Å². The fraction of sp³-hybridized carbons (Fsp3) is 0.588. The number of unbranched alkanes of at least 4 members (excludes halogenated alkanes) is 15. The first-order valence-corrected chi connectivity index (χ1v) is 15.6. The van der Waals surface area contributed by atoms with E-state index >= 15 is 0 Å². The van der Waals surface area contributed by atoms with Crippen molar-refractivity contribution in [3.8, 4) is 5.75 Å². The van der Waals surface area contributed by atoms with Crippen LogP contribution in [0.5, 0.6) is 5.75 Å². The first-order valence-electron chi connectivity index (χ1n) is 15.6. The Kier molecular flexibility index (Phi) is 14.5. The van der Waals surface area contributed by atoms with Crippen LogP contribution in [0.15, 0.2) is 48.5 Å². The van der Waals surface area contributed by atoms with Crippen molar-refractivity contribution in [2.75, 3.05) is 7.11 Å². The molecule has 0 fully saturated rings. The third-order valence-corrected chi connectivity index (χ3v) is 7.73. The maximum absolute atomic E-state index is 12.8. The number of hydrogen-bond donors (Lipinski definition) is 1. The fourth-order valence-electron chi connectivity index (χ4n) is 5.41. The molecule has 39 heavy (non-hydrogen) atoms. The molecule has 0 unspecified atom stereocenters. The molecule has 0 spiro atoms. The van der Waals surface area contributed by atoms with E-state index in [1.165, 1.54) is 96.3 Å². The Bertz CT molecular complexity index is 1090. The monoisotopic (exact) mass is 533 g/mol. The first kappa shape index (κ1) is 30.7. The summed E-state index contributed by atoms with van der Waals surface area (Å²) in [7, 11) is 1.59. The predicted molar refractivity (Wildman–Crippen MR) is 163 cm³/mol. The van der Waals surface area contributed by atoms with E-state index in [1.807, 2.05) is 24.3 Å². The summed E-state index contributed by atoms with van der Waals surface area (Å²) in [5.74, 6) is 1.34. The Balaban J connectivity index is 1.32. The standard InChI is InChI=1S/C34H51N3O2/c1-3-4-5-6-7-8-9-10-11-12-13-14-15-16-17-22-27-37-31-25-20-19-24-30(31)36-33(37)28-35-34(38)29-23-18-21-26-32(29)39-2/h18-21,23-26H,3-17,22,27-28H2,1-2H3,(H,35,38). The fourth-order valence-corrected chi connectivity index (χ4v) is 5.41. The number of nitrogens with zero attached hydrogens (tertiary/aromatic N) is 2. The van der Waals surface area contributed by atoms with Gasteiger partial charge in [0.15, 0.2) is 0 Å². The van der Waals surface area contributed by atoms with E-state index < -0.39 is 0 Å². The zero-order chi connectivity index (χ0) is 27.5. The lowest BCUT2D eigenvalue weighted by Gasteiger charge is -2.12. The van der Waals surface area contributed by atoms with Crippen LogP contribution in [-0.4, -0.2) is 22.6 Å². The number of ether oxygens (including phenoxy) is 1. The number of rotatable bonds is 21. The molecule has 2 aromatic carbocycles. The maximum Gasteiger partial charge on any atom is 0.255 e. The van der Waals surface area contributed by atoms with E-state index in [-0.39, 0.29) is 5.91 Å². The van der Waals surface area contributed by atoms with E-state index in [2.05, 4.69) is 28.9 Å². The van der Waals surface area contributed by atoms with Crippen molar-refractivity contribution >= 4 is 16.9 Å². The van der Waals surface area contributed by atoms with E-state index in [4.69, 9.17) is 9.72 Å². The third-order valence-electron chi connectivity index (χ3n) is 7.73. The van der Waals surface area contributed by atoms with Crippen LogP contribution in [-0.2, 0) is 13.1 Å². The number of carbonyl (C=O) groups is 1. The van der Waals surface area contributed by atoms with Gasteiger partial charge in [0, 0.05) is 6.54 Å². The Morgan fingerprint density at radius 1 is 0.744 bits per heavy atom. The number of benzene rings is 2. The lowest BCUT2D eigenvalue weighted by molar-refractivity contribution is 0.0946. The minimum Gasteiger partial charge on any atom is -0.496 e. The number of aryl methyl sites for hydroxylation is 1. The maximum atomic E-state index is 12.8. The highest BCUT2D eigenvalue weighted by molar-refractivity contribution is 5.96. The summed E-state index contributed by atoms with van der Waals surface area (Å²) in [6.45, 7) is 3.61. The van der Waals surface area contributed by atoms with E-state index in [1.54, 1.807) is 19.2 Å². The van der Waals surface area contributed by atoms with Crippen molar-refractivity contribution in [2.24, 2.45) is 0 Å². The average molecular weight is 534 g/mol. The summed E-state index contributed by atoms with van der Waals surface area (Å²) in [6.07, 6.45) is 21.9. The number of carbonyl (C=O) groups excluding carboxylic acids is 1. The number of fused-ring (bicyclic) bond motifs is 1. The molecule has 1 N–H and O–H groups in total. The van der Waals surface area contributed by atoms with Gasteiger partial charge in [-0.3, -0.25) is 4.79 Å². The zero-order valence-electron chi connectivity index (χ0n) is 24.6. The molecule has 0 aliphatic rings. The lowest BCUT2D eigenvalue weighted by Crippen LogP contribution is -2.25. The van der Waals surface area contributed by atoms with Gasteiger partial charge in [-0.25, -0.2) is 4.98 Å². The molecule has 1 aromatic heterocycles. The van der Waals surface area contributed by atoms with Crippen molar-refractivity contribution in [1.82, 2.24) is 14.9 Å². The van der Waals surface area contributed by atoms with E-state index in [0.29, 0.717) is 17.9 Å². The quantitative estimate of drug-likeness (QED) is 0.139. The van der Waals surface area contributed by atoms with Gasteiger partial charge in [0.2, 0.25) is 0 Å². The highest BCUT2D eigenvalue weighted by Crippen LogP contribution is 2.20. The molecule has 0 saturated heterocycles. The van der Waals surface area contributed by atoms with Gasteiger partial charge in [-0.05, 0) is 30.7 Å². The molecule has 1 heterocycles. The minimum atomic E-state index is -0.145. The minimum absolute atomic E-state index is 0.145. The normalized spacial score (nSPS) is 11.2. The van der Waals surface area contributed by atoms with Crippen molar-refractivity contribution in [3.05, 3.63) is 59.9 Å². The van der Waals surface area contributed by atoms with Crippen LogP contribution >= 0.6 is 0 Å². The molecule has 214 valence electrons. The number of imidazole rings is 1. The van der Waals surface area contributed by atoms with Gasteiger partial charge in [-0.2, -0.15) is 0 Å². The molecule has 0 atom stereocenters. The summed E-state index contributed by atoms with van der Waals surface area (Å²) >= 11 is 0. The number of amides is 1. The van der Waals surface area contributed by atoms with Crippen LogP contribution in [0.2, 0.25) is 0 Å². The van der Waals surface area contributed by atoms with Gasteiger partial charge in [0.05, 0.1) is 30.3 Å². The van der Waals surface area contributed by atoms with Crippen LogP contribution in [0.25, 0.3) is 11.0 Å². The molecule has 5 heteroatoms. The van der Waals surface area contributed by atoms with Crippen molar-refractivity contribution in [2.45, 2.75) is 123 Å². The van der Waals surface area contributed by atoms with Crippen molar-refractivity contribution in [1.29, 1.82) is 0 Å². The number of para-hydroxylation sites is 3. The summed E-state index contributed by atoms with van der Waals surface area (Å²) in [5, 5.41) is 3.05. The smallest absolute Gasteiger partial charge is 0.255 e. The van der Waals surface area contributed by atoms with Crippen LogP contribution in [0, 0.1) is 0 Å². The molecular weight excluding hydrogens is 482 g/mol. The summed E-state index contributed by atoms with van der Waals surface area (Å²) in [6, 6.07) is 15.6. The summed E-state index contributed by atoms with van der Waals surface area (Å²) in [5.41, 5.74) is 2.66. The molecule has 0 aliphatic carbocycles. The number of hydrogen-bond acceptors (Lipinski definition) is 3. The van der Waals surface area contributed by atoms with Gasteiger partial charge in [-0.1, -0.05) is 128 Å². The molecule has 3 aromatic rings. The highest BCUT2D eigenvalue weighted by Gasteiger charge is 2.14. The zero-order valence-corrected chi connectivity index (χ0v) is 24.6. The van der Waals surface area contributed by atoms with Crippen molar-refractivity contribution in [3.63, 3.8) is 0 Å². The Morgan fingerprint density at radius 2 is 1.28 bits per heavy atom. The number of methoxy groups -OCH3 is 1. The molecule has 0 aliphatic heterocycles. The second-order valence-electron chi connectivity index (χ2n) is 10.9. The van der Waals surface area contributed by atoms with Crippen LogP contribution in [0.1, 0.15) is 126 Å². The van der Waals surface area contributed by atoms with E-state index in [0.717, 1.165) is 29.8 Å². The molecule has 1 amide bonds. The molecule has 0 bridgehead atoms. The SMILES string of the molecule is CCCCCCCCCCCCCCCCCCn1c(CNC(=O)c2ccccc2OC)nc2ccccc21. The number of nitrogens with one attached hydrogen (secondary N) is 1. The Hall–Kier alpha value is -2.82. The van der Waals surface area contributed by atoms with E-state index in [9.17, 15) is 4.79 Å². The van der Waals surface area contributed by atoms with Crippen LogP contribution in [0.3, 0.4) is 0 Å². The molecule has 3 rings (SSSR count). The predicted octanol–water partition coefficient (Wildman–Crippen LogP) is 9.24. The second kappa shape index (κ2) is 18.5. The largest absolute Gasteiger partial charge is 0.496 e. The highest BCUT2D eigenvalue weighted by atomic mass is 16.5. The second-order valence-corrected chi connectivity index (χ2v) is 10.9. The molecule has 5 nitrogen and oxygen atoms in total. The number of aromatic nitrogens is 2. The van der Waals surface area contributed by atoms with Gasteiger partial charge in [-0.15, -0.1) is 0 Å². The summed E-state index contributed by atoms with van der Waals surface area (Å²) in [4.78, 5) is 17.6. The van der Waals surface area contributed by atoms with Gasteiger partial charge in [0.1, 0.15) is 11.6 Å². The van der Waals surface area contributed by atoms with Crippen molar-refractivity contribution < 1.29 is 9.53 Å². The van der Waals surface area contributed by atoms with Gasteiger partial charge >= 0.3 is 0 Å². The molecule has 0 saturated carbocycles.